The Balaban J connectivity index is 1.36. The van der Waals surface area contributed by atoms with Crippen molar-refractivity contribution >= 4 is 92.7 Å². The van der Waals surface area contributed by atoms with Crippen molar-refractivity contribution in [2.24, 2.45) is 5.16 Å². The van der Waals surface area contributed by atoms with Gasteiger partial charge in [0.2, 0.25) is 17.2 Å². The van der Waals surface area contributed by atoms with Crippen LogP contribution in [0.1, 0.15) is 19.5 Å². The number of carboxylic acids is 2. The number of fused-ring (bicyclic) bond motifs is 1. The number of thiazole rings is 1. The second-order valence-corrected chi connectivity index (χ2v) is 13.9. The highest BCUT2D eigenvalue weighted by Gasteiger charge is 2.53. The van der Waals surface area contributed by atoms with Crippen LogP contribution in [0.3, 0.4) is 0 Å². The van der Waals surface area contributed by atoms with Gasteiger partial charge in [0.25, 0.3) is 11.8 Å². The topological polar surface area (TPSA) is 256 Å². The zero-order valence-corrected chi connectivity index (χ0v) is 27.7. The van der Waals surface area contributed by atoms with E-state index in [1.54, 1.807) is 28.8 Å². The average molecular weight is 720 g/mol. The zero-order chi connectivity index (χ0) is 34.2. The molecule has 2 aliphatic rings. The molecule has 0 aliphatic carbocycles. The minimum atomic E-state index is -1.79. The van der Waals surface area contributed by atoms with Gasteiger partial charge in [0.15, 0.2) is 10.8 Å². The highest BCUT2D eigenvalue weighted by molar-refractivity contribution is 8.01. The average Bonchev–Trinajstić information content (AvgIpc) is 3.44. The Bertz CT molecular complexity index is 1850. The molecule has 0 bridgehead atoms. The molecule has 3 aromatic rings. The predicted molar refractivity (Wildman–Crippen MR) is 173 cm³/mol. The molecule has 2 aromatic heterocycles. The van der Waals surface area contributed by atoms with Gasteiger partial charge in [-0.2, -0.15) is 4.57 Å². The fraction of sp³-hybridized carbons (Fsp3) is 0.259. The Morgan fingerprint density at radius 3 is 2.57 bits per heavy atom. The molecule has 1 aromatic carbocycles. The van der Waals surface area contributed by atoms with Crippen LogP contribution < -0.4 is 32.2 Å². The summed E-state index contributed by atoms with van der Waals surface area (Å²) < 4.78 is 1.63. The number of carbonyl (C=O) groups is 4. The lowest BCUT2D eigenvalue weighted by atomic mass is 10.0. The highest BCUT2D eigenvalue weighted by Crippen LogP contribution is 2.41. The molecule has 2 aliphatic heterocycles. The number of β-lactam (4-membered cyclic amide) rings is 1. The van der Waals surface area contributed by atoms with Gasteiger partial charge in [-0.3, -0.25) is 14.5 Å². The SMILES string of the molecule is CC(C)(O/N=C(\C(=O)NC1C(=O)N2C(C(=O)[O-])=C(CSc3nc(N)cc(N)[n+]3-c3ccc(Cl)cc3)CS[C@H]12)c1csc(N)n1)C(=O)O. The van der Waals surface area contributed by atoms with E-state index in [2.05, 4.69) is 20.4 Å². The number of hydrogen-bond donors (Lipinski definition) is 5. The number of hydrogen-bond acceptors (Lipinski definition) is 15. The Kier molecular flexibility index (Phi) is 9.53. The summed E-state index contributed by atoms with van der Waals surface area (Å²) in [5.41, 5.74) is 16.4. The maximum absolute atomic E-state index is 13.3. The molecule has 16 nitrogen and oxygen atoms in total. The number of nitrogens with one attached hydrogen (secondary N) is 1. The van der Waals surface area contributed by atoms with Gasteiger partial charge in [0.1, 0.15) is 22.8 Å². The maximum atomic E-state index is 13.3. The molecule has 2 atom stereocenters. The van der Waals surface area contributed by atoms with Crippen molar-refractivity contribution in [2.45, 2.75) is 36.0 Å². The van der Waals surface area contributed by atoms with Gasteiger partial charge < -0.3 is 42.4 Å². The van der Waals surface area contributed by atoms with Crippen LogP contribution >= 0.6 is 46.5 Å². The summed E-state index contributed by atoms with van der Waals surface area (Å²) in [6.45, 7) is 2.46. The molecular formula is C27H26ClN9O7S3. The summed E-state index contributed by atoms with van der Waals surface area (Å²) in [7, 11) is 0. The van der Waals surface area contributed by atoms with Crippen molar-refractivity contribution in [3.8, 4) is 5.69 Å². The van der Waals surface area contributed by atoms with Crippen LogP contribution in [-0.4, -0.2) is 78.0 Å². The number of benzene rings is 1. The molecule has 1 fully saturated rings. The van der Waals surface area contributed by atoms with Crippen molar-refractivity contribution < 1.29 is 38.8 Å². The van der Waals surface area contributed by atoms with E-state index in [1.807, 2.05) is 0 Å². The van der Waals surface area contributed by atoms with Gasteiger partial charge in [-0.25, -0.2) is 9.78 Å². The fourth-order valence-corrected chi connectivity index (χ4v) is 7.61. The number of aliphatic carboxylic acids is 2. The van der Waals surface area contributed by atoms with Crippen molar-refractivity contribution in [1.82, 2.24) is 20.2 Å². The first-order valence-electron chi connectivity index (χ1n) is 13.4. The lowest BCUT2D eigenvalue weighted by Gasteiger charge is -2.50. The van der Waals surface area contributed by atoms with Crippen molar-refractivity contribution in [1.29, 1.82) is 0 Å². The van der Waals surface area contributed by atoms with Crippen molar-refractivity contribution in [3.63, 3.8) is 0 Å². The summed E-state index contributed by atoms with van der Waals surface area (Å²) in [5, 5.41) is 29.6. The normalized spacial score (nSPS) is 18.0. The number of oxime groups is 1. The molecule has 2 amide bonds. The Morgan fingerprint density at radius 2 is 1.96 bits per heavy atom. The third-order valence-corrected chi connectivity index (χ3v) is 10.1. The number of anilines is 3. The summed E-state index contributed by atoms with van der Waals surface area (Å²) in [5.74, 6) is -3.82. The lowest BCUT2D eigenvalue weighted by Crippen LogP contribution is -2.71. The minimum absolute atomic E-state index is 0.00705. The molecule has 1 unspecified atom stereocenters. The van der Waals surface area contributed by atoms with E-state index in [0.29, 0.717) is 21.4 Å². The summed E-state index contributed by atoms with van der Waals surface area (Å²) in [6, 6.07) is 7.17. The summed E-state index contributed by atoms with van der Waals surface area (Å²) in [6.07, 6.45) is 0. The number of carboxylic acid groups (broad SMARTS) is 2. The van der Waals surface area contributed by atoms with Crippen LogP contribution in [0.2, 0.25) is 5.02 Å². The van der Waals surface area contributed by atoms with Crippen LogP contribution in [0.5, 0.6) is 0 Å². The van der Waals surface area contributed by atoms with Crippen LogP contribution in [0.15, 0.2) is 57.3 Å². The Hall–Kier alpha value is -4.59. The van der Waals surface area contributed by atoms with E-state index < -0.39 is 46.5 Å². The third-order valence-electron chi connectivity index (χ3n) is 6.82. The highest BCUT2D eigenvalue weighted by atomic mass is 35.5. The van der Waals surface area contributed by atoms with Crippen LogP contribution in [0, 0.1) is 0 Å². The molecule has 0 spiro atoms. The van der Waals surface area contributed by atoms with E-state index in [9.17, 15) is 29.4 Å². The second-order valence-electron chi connectivity index (χ2n) is 10.5. The van der Waals surface area contributed by atoms with Crippen LogP contribution in [0.4, 0.5) is 16.8 Å². The molecular weight excluding hydrogens is 694 g/mol. The molecule has 0 radical (unpaired) electrons. The minimum Gasteiger partial charge on any atom is -0.543 e. The first-order valence-corrected chi connectivity index (χ1v) is 16.7. The monoisotopic (exact) mass is 719 g/mol. The Labute approximate surface area is 284 Å². The quantitative estimate of drug-likeness (QED) is 0.0437. The number of nitrogens with zero attached hydrogens (tertiary/aromatic N) is 5. The number of nitrogens with two attached hydrogens (primary N) is 3. The van der Waals surface area contributed by atoms with E-state index in [0.717, 1.165) is 28.0 Å². The van der Waals surface area contributed by atoms with E-state index in [1.165, 1.54) is 37.1 Å². The number of amides is 2. The van der Waals surface area contributed by atoms with E-state index >= 15 is 0 Å². The molecule has 246 valence electrons. The third kappa shape index (κ3) is 6.92. The van der Waals surface area contributed by atoms with Gasteiger partial charge in [-0.15, -0.1) is 23.1 Å². The fourth-order valence-electron chi connectivity index (χ4n) is 4.41. The largest absolute Gasteiger partial charge is 0.543 e. The van der Waals surface area contributed by atoms with Gasteiger partial charge >= 0.3 is 11.1 Å². The molecule has 5 rings (SSSR count). The molecule has 0 saturated carbocycles. The standard InChI is InChI=1S/C27H26ClN9O7S3/c1-27(2,24(42)43)44-35-17(14-10-46-25(31)32-14)20(38)34-18-21(39)37-19(23(40)41)11(8-45-22(18)37)9-47-26-33-15(29)7-16(30)36(26)13-5-3-12(28)4-6-13/h3-7,10,18,22H,8-9H2,1-2H3,(H8,29,30,31,32,34,38,40,41,42,43)/b35-17-/t18?,22-/m1/s1. The molecule has 8 N–H and O–H groups in total. The Morgan fingerprint density at radius 1 is 1.26 bits per heavy atom. The smallest absolute Gasteiger partial charge is 0.350 e. The number of carbonyl (C=O) groups excluding carboxylic acids is 3. The molecule has 4 heterocycles. The van der Waals surface area contributed by atoms with Crippen molar-refractivity contribution in [2.75, 3.05) is 28.7 Å². The maximum Gasteiger partial charge on any atom is 0.350 e. The lowest BCUT2D eigenvalue weighted by molar-refractivity contribution is -0.626. The van der Waals surface area contributed by atoms with Crippen molar-refractivity contribution in [3.05, 3.63) is 57.7 Å². The predicted octanol–water partition coefficient (Wildman–Crippen LogP) is -0.00510. The van der Waals surface area contributed by atoms with Gasteiger partial charge in [0.05, 0.1) is 17.7 Å². The van der Waals surface area contributed by atoms with E-state index in [4.69, 9.17) is 33.6 Å². The number of rotatable bonds is 11. The summed E-state index contributed by atoms with van der Waals surface area (Å²) >= 11 is 9.42. The first kappa shape index (κ1) is 33.8. The van der Waals surface area contributed by atoms with E-state index in [-0.39, 0.29) is 39.7 Å². The second kappa shape index (κ2) is 13.3. The number of nitrogen functional groups attached to an aromatic ring is 3. The zero-order valence-electron chi connectivity index (χ0n) is 24.5. The van der Waals surface area contributed by atoms with Gasteiger partial charge in [-0.1, -0.05) is 21.7 Å². The molecule has 20 heteroatoms. The van der Waals surface area contributed by atoms with Crippen LogP contribution in [0.25, 0.3) is 5.69 Å². The first-order chi connectivity index (χ1) is 22.2. The number of thioether (sulfide) groups is 2. The number of halogens is 1. The molecule has 1 saturated heterocycles. The summed E-state index contributed by atoms with van der Waals surface area (Å²) in [4.78, 5) is 65.0. The van der Waals surface area contributed by atoms with Crippen LogP contribution in [-0.2, 0) is 24.0 Å². The van der Waals surface area contributed by atoms with Gasteiger partial charge in [-0.05, 0) is 55.4 Å². The van der Waals surface area contributed by atoms with Gasteiger partial charge in [0, 0.05) is 21.9 Å². The number of aromatic nitrogens is 3. The molecule has 47 heavy (non-hydrogen) atoms.